The molecule has 1 aromatic carbocycles. The van der Waals surface area contributed by atoms with Crippen molar-refractivity contribution in [3.8, 4) is 0 Å². The lowest BCUT2D eigenvalue weighted by Gasteiger charge is -2.13. The number of hydrogen-bond acceptors (Lipinski definition) is 3. The van der Waals surface area contributed by atoms with Crippen molar-refractivity contribution in [3.05, 3.63) is 24.3 Å². The van der Waals surface area contributed by atoms with E-state index in [0.717, 1.165) is 5.69 Å². The minimum Gasteiger partial charge on any atom is -0.382 e. The van der Waals surface area contributed by atoms with E-state index in [9.17, 15) is 4.79 Å². The van der Waals surface area contributed by atoms with E-state index < -0.39 is 0 Å². The number of nitrogens with two attached hydrogens (primary N) is 1. The molecule has 82 valence electrons. The van der Waals surface area contributed by atoms with E-state index in [0.29, 0.717) is 6.42 Å². The number of carbonyl (C=O) groups excluding carboxylic acids is 1. The highest BCUT2D eigenvalue weighted by Gasteiger charge is 2.05. The summed E-state index contributed by atoms with van der Waals surface area (Å²) < 4.78 is 0. The molecule has 0 aliphatic heterocycles. The minimum absolute atomic E-state index is 0.0719. The molecule has 1 rings (SSSR count). The van der Waals surface area contributed by atoms with E-state index in [2.05, 4.69) is 5.32 Å². The summed E-state index contributed by atoms with van der Waals surface area (Å²) in [5.41, 5.74) is 6.13. The predicted octanol–water partition coefficient (Wildman–Crippen LogP) is 2.08. The SMILES string of the molecule is CSc1ccc(NC(C)CC(N)=O)cc1. The summed E-state index contributed by atoms with van der Waals surface area (Å²) in [6.45, 7) is 1.94. The van der Waals surface area contributed by atoms with Gasteiger partial charge in [-0.05, 0) is 37.4 Å². The van der Waals surface area contributed by atoms with Gasteiger partial charge in [0.15, 0.2) is 0 Å². The molecule has 0 heterocycles. The lowest BCUT2D eigenvalue weighted by molar-refractivity contribution is -0.118. The summed E-state index contributed by atoms with van der Waals surface area (Å²) in [6.07, 6.45) is 2.39. The van der Waals surface area contributed by atoms with Gasteiger partial charge in [0, 0.05) is 23.0 Å². The minimum atomic E-state index is -0.282. The van der Waals surface area contributed by atoms with Crippen LogP contribution in [0.4, 0.5) is 5.69 Å². The van der Waals surface area contributed by atoms with Crippen LogP contribution in [-0.2, 0) is 4.79 Å². The van der Waals surface area contributed by atoms with Gasteiger partial charge in [-0.1, -0.05) is 0 Å². The van der Waals surface area contributed by atoms with Gasteiger partial charge in [-0.2, -0.15) is 0 Å². The third-order valence-corrected chi connectivity index (χ3v) is 2.75. The lowest BCUT2D eigenvalue weighted by Crippen LogP contribution is -2.23. The third-order valence-electron chi connectivity index (χ3n) is 2.01. The molecular weight excluding hydrogens is 208 g/mol. The van der Waals surface area contributed by atoms with E-state index in [1.807, 2.05) is 37.4 Å². The third kappa shape index (κ3) is 4.25. The van der Waals surface area contributed by atoms with Crippen LogP contribution in [0.2, 0.25) is 0 Å². The van der Waals surface area contributed by atoms with Crippen LogP contribution in [0.15, 0.2) is 29.2 Å². The van der Waals surface area contributed by atoms with Crippen molar-refractivity contribution in [2.24, 2.45) is 5.73 Å². The van der Waals surface area contributed by atoms with Crippen LogP contribution >= 0.6 is 11.8 Å². The molecule has 0 spiro atoms. The molecule has 0 aliphatic carbocycles. The number of hydrogen-bond donors (Lipinski definition) is 2. The molecular formula is C11H16N2OS. The number of carbonyl (C=O) groups is 1. The first kappa shape index (κ1) is 11.9. The molecule has 0 radical (unpaired) electrons. The van der Waals surface area contributed by atoms with Crippen molar-refractivity contribution < 1.29 is 4.79 Å². The normalized spacial score (nSPS) is 12.1. The molecule has 3 nitrogen and oxygen atoms in total. The Labute approximate surface area is 94.4 Å². The number of nitrogens with one attached hydrogen (secondary N) is 1. The van der Waals surface area contributed by atoms with E-state index >= 15 is 0 Å². The van der Waals surface area contributed by atoms with E-state index in [1.54, 1.807) is 11.8 Å². The summed E-state index contributed by atoms with van der Waals surface area (Å²) in [5.74, 6) is -0.282. The molecule has 0 saturated heterocycles. The molecule has 1 aromatic rings. The zero-order valence-electron chi connectivity index (χ0n) is 8.99. The fourth-order valence-electron chi connectivity index (χ4n) is 1.32. The molecule has 3 N–H and O–H groups in total. The smallest absolute Gasteiger partial charge is 0.219 e. The molecule has 0 aliphatic rings. The summed E-state index contributed by atoms with van der Waals surface area (Å²) >= 11 is 1.71. The van der Waals surface area contributed by atoms with E-state index in [1.165, 1.54) is 4.90 Å². The van der Waals surface area contributed by atoms with Gasteiger partial charge in [0.2, 0.25) is 5.91 Å². The molecule has 1 amide bonds. The second-order valence-corrected chi connectivity index (χ2v) is 4.32. The molecule has 0 bridgehead atoms. The highest BCUT2D eigenvalue weighted by Crippen LogP contribution is 2.18. The number of primary amides is 1. The number of rotatable bonds is 5. The lowest BCUT2D eigenvalue weighted by atomic mass is 10.2. The second-order valence-electron chi connectivity index (χ2n) is 3.44. The summed E-state index contributed by atoms with van der Waals surface area (Å²) in [7, 11) is 0. The van der Waals surface area contributed by atoms with Crippen molar-refractivity contribution in [1.29, 1.82) is 0 Å². The Bertz CT molecular complexity index is 324. The summed E-state index contributed by atoms with van der Waals surface area (Å²) in [6, 6.07) is 8.17. The topological polar surface area (TPSA) is 55.1 Å². The van der Waals surface area contributed by atoms with Crippen LogP contribution < -0.4 is 11.1 Å². The van der Waals surface area contributed by atoms with Crippen molar-refractivity contribution in [2.45, 2.75) is 24.3 Å². The van der Waals surface area contributed by atoms with Gasteiger partial charge in [0.1, 0.15) is 0 Å². The summed E-state index contributed by atoms with van der Waals surface area (Å²) in [4.78, 5) is 11.9. The van der Waals surface area contributed by atoms with Crippen LogP contribution in [0.25, 0.3) is 0 Å². The number of benzene rings is 1. The van der Waals surface area contributed by atoms with Crippen LogP contribution in [0.5, 0.6) is 0 Å². The fourth-order valence-corrected chi connectivity index (χ4v) is 1.73. The molecule has 0 aromatic heterocycles. The molecule has 0 fully saturated rings. The van der Waals surface area contributed by atoms with Crippen molar-refractivity contribution in [1.82, 2.24) is 0 Å². The Morgan fingerprint density at radius 2 is 2.07 bits per heavy atom. The largest absolute Gasteiger partial charge is 0.382 e. The van der Waals surface area contributed by atoms with Gasteiger partial charge in [-0.25, -0.2) is 0 Å². The first-order valence-electron chi connectivity index (χ1n) is 4.80. The van der Waals surface area contributed by atoms with Crippen molar-refractivity contribution in [3.63, 3.8) is 0 Å². The van der Waals surface area contributed by atoms with Crippen LogP contribution in [0.3, 0.4) is 0 Å². The van der Waals surface area contributed by atoms with Gasteiger partial charge >= 0.3 is 0 Å². The van der Waals surface area contributed by atoms with Gasteiger partial charge < -0.3 is 11.1 Å². The highest BCUT2D eigenvalue weighted by atomic mass is 32.2. The van der Waals surface area contributed by atoms with Gasteiger partial charge in [-0.3, -0.25) is 4.79 Å². The van der Waals surface area contributed by atoms with E-state index in [4.69, 9.17) is 5.73 Å². The average Bonchev–Trinajstić information content (AvgIpc) is 2.17. The first-order valence-corrected chi connectivity index (χ1v) is 6.03. The van der Waals surface area contributed by atoms with Gasteiger partial charge in [0.05, 0.1) is 0 Å². The van der Waals surface area contributed by atoms with Crippen molar-refractivity contribution >= 4 is 23.4 Å². The number of amides is 1. The van der Waals surface area contributed by atoms with Crippen molar-refractivity contribution in [2.75, 3.05) is 11.6 Å². The van der Waals surface area contributed by atoms with Crippen LogP contribution in [0.1, 0.15) is 13.3 Å². The Balaban J connectivity index is 2.53. The molecule has 4 heteroatoms. The Kier molecular flexibility index (Phi) is 4.49. The number of thioether (sulfide) groups is 1. The zero-order valence-corrected chi connectivity index (χ0v) is 9.80. The maximum absolute atomic E-state index is 10.7. The molecule has 0 saturated carbocycles. The van der Waals surface area contributed by atoms with Gasteiger partial charge in [-0.15, -0.1) is 11.8 Å². The number of anilines is 1. The average molecular weight is 224 g/mol. The molecule has 15 heavy (non-hydrogen) atoms. The standard InChI is InChI=1S/C11H16N2OS/c1-8(7-11(12)14)13-9-3-5-10(15-2)6-4-9/h3-6,8,13H,7H2,1-2H3,(H2,12,14). The maximum atomic E-state index is 10.7. The quantitative estimate of drug-likeness (QED) is 0.753. The van der Waals surface area contributed by atoms with E-state index in [-0.39, 0.29) is 11.9 Å². The van der Waals surface area contributed by atoms with Crippen LogP contribution in [0, 0.1) is 0 Å². The Morgan fingerprint density at radius 3 is 2.53 bits per heavy atom. The van der Waals surface area contributed by atoms with Crippen LogP contribution in [-0.4, -0.2) is 18.2 Å². The molecule has 1 unspecified atom stereocenters. The maximum Gasteiger partial charge on any atom is 0.219 e. The Morgan fingerprint density at radius 1 is 1.47 bits per heavy atom. The predicted molar refractivity (Wildman–Crippen MR) is 65.1 cm³/mol. The van der Waals surface area contributed by atoms with Gasteiger partial charge in [0.25, 0.3) is 0 Å². The highest BCUT2D eigenvalue weighted by molar-refractivity contribution is 7.98. The molecule has 1 atom stereocenters. The second kappa shape index (κ2) is 5.66. The first-order chi connectivity index (χ1) is 7.11. The zero-order chi connectivity index (χ0) is 11.3. The fraction of sp³-hybridized carbons (Fsp3) is 0.364. The summed E-state index contributed by atoms with van der Waals surface area (Å²) in [5, 5.41) is 3.21. The Hall–Kier alpha value is -1.16. The monoisotopic (exact) mass is 224 g/mol.